The SMILES string of the molecule is CN(C)c1ncccc1NCC1CCCC1. The van der Waals surface area contributed by atoms with Crippen LogP contribution in [0.2, 0.25) is 0 Å². The van der Waals surface area contributed by atoms with Crippen LogP contribution in [0, 0.1) is 5.92 Å². The van der Waals surface area contributed by atoms with Crippen LogP contribution in [0.25, 0.3) is 0 Å². The van der Waals surface area contributed by atoms with Gasteiger partial charge in [0.15, 0.2) is 5.82 Å². The highest BCUT2D eigenvalue weighted by molar-refractivity contribution is 5.64. The first-order chi connectivity index (χ1) is 7.77. The van der Waals surface area contributed by atoms with Crippen LogP contribution in [-0.4, -0.2) is 25.6 Å². The van der Waals surface area contributed by atoms with Crippen LogP contribution in [0.4, 0.5) is 11.5 Å². The number of aromatic nitrogens is 1. The highest BCUT2D eigenvalue weighted by Gasteiger charge is 2.15. The van der Waals surface area contributed by atoms with Gasteiger partial charge in [-0.25, -0.2) is 4.98 Å². The smallest absolute Gasteiger partial charge is 0.151 e. The standard InChI is InChI=1S/C13H21N3/c1-16(2)13-12(8-5-9-14-13)15-10-11-6-3-4-7-11/h5,8-9,11,15H,3-4,6-7,10H2,1-2H3. The van der Waals surface area contributed by atoms with E-state index >= 15 is 0 Å². The van der Waals surface area contributed by atoms with Crippen LogP contribution in [-0.2, 0) is 0 Å². The molecule has 1 fully saturated rings. The predicted octanol–water partition coefficient (Wildman–Crippen LogP) is 2.75. The van der Waals surface area contributed by atoms with E-state index in [4.69, 9.17) is 0 Å². The summed E-state index contributed by atoms with van der Waals surface area (Å²) >= 11 is 0. The minimum atomic E-state index is 0.857. The molecule has 2 rings (SSSR count). The molecule has 3 heteroatoms. The monoisotopic (exact) mass is 219 g/mol. The molecule has 1 aliphatic rings. The first-order valence-corrected chi connectivity index (χ1v) is 6.13. The van der Waals surface area contributed by atoms with Gasteiger partial charge in [-0.3, -0.25) is 0 Å². The van der Waals surface area contributed by atoms with Gasteiger partial charge in [-0.15, -0.1) is 0 Å². The van der Waals surface area contributed by atoms with Crippen molar-refractivity contribution in [1.82, 2.24) is 4.98 Å². The molecule has 0 aromatic carbocycles. The van der Waals surface area contributed by atoms with Gasteiger partial charge in [-0.05, 0) is 30.9 Å². The third kappa shape index (κ3) is 2.65. The molecule has 0 unspecified atom stereocenters. The van der Waals surface area contributed by atoms with Crippen LogP contribution in [0.5, 0.6) is 0 Å². The van der Waals surface area contributed by atoms with E-state index in [1.165, 1.54) is 25.7 Å². The highest BCUT2D eigenvalue weighted by Crippen LogP contribution is 2.26. The van der Waals surface area contributed by atoms with Crippen LogP contribution in [0.15, 0.2) is 18.3 Å². The maximum atomic E-state index is 4.39. The average Bonchev–Trinajstić information content (AvgIpc) is 2.79. The third-order valence-electron chi connectivity index (χ3n) is 3.27. The average molecular weight is 219 g/mol. The van der Waals surface area contributed by atoms with Crippen molar-refractivity contribution in [1.29, 1.82) is 0 Å². The predicted molar refractivity (Wildman–Crippen MR) is 69.0 cm³/mol. The molecule has 0 aliphatic heterocycles. The van der Waals surface area contributed by atoms with E-state index in [0.29, 0.717) is 0 Å². The van der Waals surface area contributed by atoms with Crippen LogP contribution >= 0.6 is 0 Å². The molecule has 1 N–H and O–H groups in total. The van der Waals surface area contributed by atoms with Gasteiger partial charge in [-0.2, -0.15) is 0 Å². The second kappa shape index (κ2) is 5.19. The molecule has 1 saturated carbocycles. The van der Waals surface area contributed by atoms with Gasteiger partial charge < -0.3 is 10.2 Å². The Hall–Kier alpha value is -1.25. The van der Waals surface area contributed by atoms with E-state index in [1.54, 1.807) is 0 Å². The van der Waals surface area contributed by atoms with Crippen molar-refractivity contribution in [3.8, 4) is 0 Å². The van der Waals surface area contributed by atoms with Crippen molar-refractivity contribution >= 4 is 11.5 Å². The van der Waals surface area contributed by atoms with Gasteiger partial charge in [0.25, 0.3) is 0 Å². The van der Waals surface area contributed by atoms with Gasteiger partial charge in [0, 0.05) is 26.8 Å². The zero-order valence-corrected chi connectivity index (χ0v) is 10.2. The van der Waals surface area contributed by atoms with Crippen molar-refractivity contribution in [3.63, 3.8) is 0 Å². The Labute approximate surface area is 97.9 Å². The number of rotatable bonds is 4. The molecule has 88 valence electrons. The van der Waals surface area contributed by atoms with Crippen LogP contribution in [0.1, 0.15) is 25.7 Å². The highest BCUT2D eigenvalue weighted by atomic mass is 15.2. The Bertz CT molecular complexity index is 330. The summed E-state index contributed by atoms with van der Waals surface area (Å²) in [7, 11) is 4.06. The molecule has 1 aromatic heterocycles. The molecule has 0 bridgehead atoms. The second-order valence-corrected chi connectivity index (χ2v) is 4.80. The number of hydrogen-bond donors (Lipinski definition) is 1. The first-order valence-electron chi connectivity index (χ1n) is 6.13. The summed E-state index contributed by atoms with van der Waals surface area (Å²) in [6.07, 6.45) is 7.41. The molecular formula is C13H21N3. The van der Waals surface area contributed by atoms with E-state index in [1.807, 2.05) is 26.4 Å². The minimum Gasteiger partial charge on any atom is -0.382 e. The normalized spacial score (nSPS) is 16.4. The van der Waals surface area contributed by atoms with Crippen LogP contribution < -0.4 is 10.2 Å². The maximum absolute atomic E-state index is 4.39. The van der Waals surface area contributed by atoms with Crippen molar-refractivity contribution in [2.24, 2.45) is 5.92 Å². The fourth-order valence-electron chi connectivity index (χ4n) is 2.36. The molecular weight excluding hydrogens is 198 g/mol. The van der Waals surface area contributed by atoms with Crippen molar-refractivity contribution in [2.75, 3.05) is 30.9 Å². The number of nitrogens with zero attached hydrogens (tertiary/aromatic N) is 2. The van der Waals surface area contributed by atoms with E-state index in [-0.39, 0.29) is 0 Å². The second-order valence-electron chi connectivity index (χ2n) is 4.80. The lowest BCUT2D eigenvalue weighted by molar-refractivity contribution is 0.580. The maximum Gasteiger partial charge on any atom is 0.151 e. The van der Waals surface area contributed by atoms with E-state index < -0.39 is 0 Å². The quantitative estimate of drug-likeness (QED) is 0.844. The number of nitrogens with one attached hydrogen (secondary N) is 1. The Balaban J connectivity index is 1.97. The number of hydrogen-bond acceptors (Lipinski definition) is 3. The minimum absolute atomic E-state index is 0.857. The molecule has 1 aromatic rings. The van der Waals surface area contributed by atoms with Crippen molar-refractivity contribution in [3.05, 3.63) is 18.3 Å². The fraction of sp³-hybridized carbons (Fsp3) is 0.615. The van der Waals surface area contributed by atoms with Gasteiger partial charge in [-0.1, -0.05) is 12.8 Å². The van der Waals surface area contributed by atoms with E-state index in [9.17, 15) is 0 Å². The number of anilines is 2. The third-order valence-corrected chi connectivity index (χ3v) is 3.27. The Kier molecular flexibility index (Phi) is 3.65. The molecule has 16 heavy (non-hydrogen) atoms. The lowest BCUT2D eigenvalue weighted by Crippen LogP contribution is -2.16. The molecule has 0 spiro atoms. The van der Waals surface area contributed by atoms with Crippen LogP contribution in [0.3, 0.4) is 0 Å². The fourth-order valence-corrected chi connectivity index (χ4v) is 2.36. The largest absolute Gasteiger partial charge is 0.382 e. The molecule has 3 nitrogen and oxygen atoms in total. The Morgan fingerprint density at radius 1 is 1.38 bits per heavy atom. The summed E-state index contributed by atoms with van der Waals surface area (Å²) in [5.74, 6) is 1.88. The molecule has 0 atom stereocenters. The Morgan fingerprint density at radius 2 is 2.12 bits per heavy atom. The van der Waals surface area contributed by atoms with E-state index in [2.05, 4.69) is 21.3 Å². The summed E-state index contributed by atoms with van der Waals surface area (Å²) in [4.78, 5) is 6.44. The summed E-state index contributed by atoms with van der Waals surface area (Å²) in [6, 6.07) is 4.10. The zero-order chi connectivity index (χ0) is 11.4. The summed E-state index contributed by atoms with van der Waals surface area (Å²) in [5.41, 5.74) is 1.15. The van der Waals surface area contributed by atoms with Crippen molar-refractivity contribution < 1.29 is 0 Å². The first kappa shape index (κ1) is 11.2. The van der Waals surface area contributed by atoms with Gasteiger partial charge >= 0.3 is 0 Å². The molecule has 0 saturated heterocycles. The topological polar surface area (TPSA) is 28.2 Å². The van der Waals surface area contributed by atoms with Crippen molar-refractivity contribution in [2.45, 2.75) is 25.7 Å². The van der Waals surface area contributed by atoms with Gasteiger partial charge in [0.05, 0.1) is 5.69 Å². The number of pyridine rings is 1. The Morgan fingerprint density at radius 3 is 2.81 bits per heavy atom. The molecule has 0 radical (unpaired) electrons. The zero-order valence-electron chi connectivity index (χ0n) is 10.2. The molecule has 1 heterocycles. The summed E-state index contributed by atoms with van der Waals surface area (Å²) in [6.45, 7) is 1.09. The van der Waals surface area contributed by atoms with Gasteiger partial charge in [0.1, 0.15) is 0 Å². The lowest BCUT2D eigenvalue weighted by atomic mass is 10.1. The van der Waals surface area contributed by atoms with E-state index in [0.717, 1.165) is 24.0 Å². The molecule has 1 aliphatic carbocycles. The molecule has 0 amide bonds. The summed E-state index contributed by atoms with van der Waals surface area (Å²) < 4.78 is 0. The summed E-state index contributed by atoms with van der Waals surface area (Å²) in [5, 5.41) is 3.53. The van der Waals surface area contributed by atoms with Gasteiger partial charge in [0.2, 0.25) is 0 Å². The lowest BCUT2D eigenvalue weighted by Gasteiger charge is -2.18.